The molecule has 1 saturated heterocycles. The lowest BCUT2D eigenvalue weighted by atomic mass is 9.80. The summed E-state index contributed by atoms with van der Waals surface area (Å²) < 4.78 is 112. The first-order valence-electron chi connectivity index (χ1n) is 25.7. The molecule has 2 N–H and O–H groups in total. The number of esters is 1. The van der Waals surface area contributed by atoms with Crippen LogP contribution in [0.3, 0.4) is 0 Å². The van der Waals surface area contributed by atoms with Crippen molar-refractivity contribution in [2.75, 3.05) is 67.5 Å². The number of nitrogens with one attached hydrogen (secondary N) is 2. The van der Waals surface area contributed by atoms with Crippen LogP contribution in [-0.2, 0) is 54.4 Å². The molecule has 6 atom stereocenters. The fourth-order valence-electron chi connectivity index (χ4n) is 8.88. The zero-order valence-corrected chi connectivity index (χ0v) is 46.5. The molecule has 0 aromatic heterocycles. The molecule has 0 saturated carbocycles. The van der Waals surface area contributed by atoms with E-state index < -0.39 is 82.1 Å². The van der Waals surface area contributed by atoms with Gasteiger partial charge in [-0.3, -0.25) is 4.79 Å². The molecular weight excluding hydrogens is 1060 g/mol. The molecule has 6 rings (SSSR count). The number of hydrogen-bond acceptors (Lipinski definition) is 15. The van der Waals surface area contributed by atoms with Crippen LogP contribution in [0.2, 0.25) is 0 Å². The number of carbonyl (C=O) groups excluding carboxylic acids is 3. The Hall–Kier alpha value is -6.86. The lowest BCUT2D eigenvalue weighted by molar-refractivity contribution is -0.280. The van der Waals surface area contributed by atoms with Crippen LogP contribution < -0.4 is 24.8 Å². The first kappa shape index (κ1) is 62.3. The molecule has 18 nitrogen and oxygen atoms in total. The van der Waals surface area contributed by atoms with Crippen molar-refractivity contribution < 1.29 is 79.2 Å². The SMILES string of the molecule is [C-]#[N+]CCOP(OCCOC1C(NC(=O)C(F)(F)F)C(OCCOC(c2ccccc2)(c2ccc(OC)cc2)c2ccc(OC)cc2)OC(COC(=O)NCc2cccc(OC)c2)C1OC(=O)c1ccccc1)N(C(C)C)C(C)C. The Morgan fingerprint density at radius 1 is 0.688 bits per heavy atom. The Morgan fingerprint density at radius 3 is 1.84 bits per heavy atom. The van der Waals surface area contributed by atoms with E-state index in [1.807, 2.05) is 92.3 Å². The van der Waals surface area contributed by atoms with E-state index in [9.17, 15) is 27.6 Å². The smallest absolute Gasteiger partial charge is 0.471 e. The Balaban J connectivity index is 1.38. The molecule has 1 aliphatic heterocycles. The predicted octanol–water partition coefficient (Wildman–Crippen LogP) is 9.64. The van der Waals surface area contributed by atoms with Gasteiger partial charge in [-0.1, -0.05) is 84.9 Å². The number of alkyl halides is 3. The number of methoxy groups -OCH3 is 3. The van der Waals surface area contributed by atoms with Gasteiger partial charge in [0.2, 0.25) is 6.54 Å². The highest BCUT2D eigenvalue weighted by molar-refractivity contribution is 7.44. The average Bonchev–Trinajstić information content (AvgIpc) is 3.54. The molecule has 2 amide bonds. The monoisotopic (exact) mass is 1130 g/mol. The van der Waals surface area contributed by atoms with E-state index in [0.29, 0.717) is 39.5 Å². The number of hydrogen-bond donors (Lipinski definition) is 2. The Labute approximate surface area is 465 Å². The van der Waals surface area contributed by atoms with Crippen molar-refractivity contribution in [3.05, 3.63) is 173 Å². The van der Waals surface area contributed by atoms with Crippen molar-refractivity contribution in [2.45, 2.75) is 88.7 Å². The van der Waals surface area contributed by atoms with E-state index in [1.54, 1.807) is 80.9 Å². The highest BCUT2D eigenvalue weighted by Gasteiger charge is 2.53. The minimum Gasteiger partial charge on any atom is -0.497 e. The van der Waals surface area contributed by atoms with E-state index in [2.05, 4.69) is 10.2 Å². The molecule has 0 bridgehead atoms. The number of halogens is 3. The van der Waals surface area contributed by atoms with Crippen molar-refractivity contribution in [1.29, 1.82) is 0 Å². The lowest BCUT2D eigenvalue weighted by Gasteiger charge is -2.45. The van der Waals surface area contributed by atoms with Crippen molar-refractivity contribution in [3.63, 3.8) is 0 Å². The summed E-state index contributed by atoms with van der Waals surface area (Å²) in [6.07, 6.45) is -13.1. The molecule has 0 spiro atoms. The molecule has 0 radical (unpaired) electrons. The molecule has 6 unspecified atom stereocenters. The summed E-state index contributed by atoms with van der Waals surface area (Å²) in [6, 6.07) is 36.5. The lowest BCUT2D eigenvalue weighted by Crippen LogP contribution is -2.67. The van der Waals surface area contributed by atoms with Crippen LogP contribution in [0.25, 0.3) is 4.85 Å². The van der Waals surface area contributed by atoms with Crippen molar-refractivity contribution in [1.82, 2.24) is 15.3 Å². The Bertz CT molecular complexity index is 2690. The molecule has 1 fully saturated rings. The zero-order chi connectivity index (χ0) is 57.7. The molecule has 22 heteroatoms. The minimum atomic E-state index is -5.43. The van der Waals surface area contributed by atoms with Gasteiger partial charge in [-0.25, -0.2) is 20.8 Å². The molecule has 430 valence electrons. The quantitative estimate of drug-likeness (QED) is 0.0152. The highest BCUT2D eigenvalue weighted by Crippen LogP contribution is 2.46. The minimum absolute atomic E-state index is 0.00367. The predicted molar refractivity (Wildman–Crippen MR) is 290 cm³/mol. The van der Waals surface area contributed by atoms with Crippen molar-refractivity contribution >= 4 is 26.5 Å². The van der Waals surface area contributed by atoms with Gasteiger partial charge >= 0.3 is 24.1 Å². The maximum atomic E-state index is 14.5. The van der Waals surface area contributed by atoms with E-state index >= 15 is 0 Å². The van der Waals surface area contributed by atoms with E-state index in [-0.39, 0.29) is 57.2 Å². The van der Waals surface area contributed by atoms with Gasteiger partial charge in [0.15, 0.2) is 12.4 Å². The van der Waals surface area contributed by atoms with Gasteiger partial charge in [0, 0.05) is 18.6 Å². The van der Waals surface area contributed by atoms with Crippen LogP contribution in [0.15, 0.2) is 133 Å². The first-order valence-corrected chi connectivity index (χ1v) is 26.9. The third kappa shape index (κ3) is 17.1. The summed E-state index contributed by atoms with van der Waals surface area (Å²) in [5.74, 6) is -1.62. The van der Waals surface area contributed by atoms with Crippen LogP contribution in [0.1, 0.15) is 60.3 Å². The van der Waals surface area contributed by atoms with Gasteiger partial charge < -0.3 is 67.2 Å². The van der Waals surface area contributed by atoms with Gasteiger partial charge in [-0.2, -0.15) is 13.2 Å². The molecule has 5 aromatic rings. The number of carbonyl (C=O) groups is 3. The molecule has 80 heavy (non-hydrogen) atoms. The molecule has 1 aliphatic rings. The zero-order valence-electron chi connectivity index (χ0n) is 45.6. The van der Waals surface area contributed by atoms with E-state index in [4.69, 9.17) is 58.3 Å². The topological polar surface area (TPSA) is 184 Å². The first-order chi connectivity index (χ1) is 38.5. The van der Waals surface area contributed by atoms with Gasteiger partial charge in [-0.05, 0) is 98.5 Å². The number of rotatable bonds is 29. The number of nitrogens with zero attached hydrogens (tertiary/aromatic N) is 2. The normalized spacial score (nSPS) is 17.8. The van der Waals surface area contributed by atoms with Crippen LogP contribution in [0.5, 0.6) is 17.2 Å². The van der Waals surface area contributed by atoms with Crippen LogP contribution >= 0.6 is 8.53 Å². The largest absolute Gasteiger partial charge is 0.497 e. The maximum absolute atomic E-state index is 14.5. The van der Waals surface area contributed by atoms with Gasteiger partial charge in [0.25, 0.3) is 8.53 Å². The number of benzene rings is 5. The van der Waals surface area contributed by atoms with Crippen LogP contribution in [0.4, 0.5) is 18.0 Å². The van der Waals surface area contributed by atoms with Gasteiger partial charge in [0.1, 0.15) is 54.3 Å². The van der Waals surface area contributed by atoms with Gasteiger partial charge in [0.05, 0.1) is 53.3 Å². The summed E-state index contributed by atoms with van der Waals surface area (Å²) >= 11 is 0. The average molecular weight is 1130 g/mol. The van der Waals surface area contributed by atoms with Crippen molar-refractivity contribution in [3.8, 4) is 17.2 Å². The summed E-state index contributed by atoms with van der Waals surface area (Å²) in [4.78, 5) is 44.0. The Kier molecular flexibility index (Phi) is 23.9. The fourth-order valence-corrected chi connectivity index (χ4v) is 10.4. The van der Waals surface area contributed by atoms with E-state index in [1.165, 1.54) is 19.2 Å². The summed E-state index contributed by atoms with van der Waals surface area (Å²) in [7, 11) is 2.78. The second-order valence-electron chi connectivity index (χ2n) is 18.5. The third-order valence-electron chi connectivity index (χ3n) is 12.5. The molecule has 5 aromatic carbocycles. The summed E-state index contributed by atoms with van der Waals surface area (Å²) in [5, 5.41) is 4.65. The second kappa shape index (κ2) is 30.7. The summed E-state index contributed by atoms with van der Waals surface area (Å²) in [5.41, 5.74) is 1.41. The number of ether oxygens (including phenoxy) is 9. The fraction of sp³-hybridized carbons (Fsp3) is 0.414. The highest BCUT2D eigenvalue weighted by atomic mass is 31.2. The van der Waals surface area contributed by atoms with E-state index in [0.717, 1.165) is 0 Å². The standard InChI is InChI=1S/C58H68F3N4O14P/c1-39(2)65(40(3)4)80(76-31-30-62-5)77-35-33-72-52-50(64-55(67)58(59,60)61)54(78-49(51(52)79-53(66)42-17-11-9-12-18-42)38-74-56(68)63-37-41-16-15-21-48(36-41)71-8)73-32-34-75-57(43-19-13-10-14-20-43,44-22-26-46(69-6)27-23-44)45-24-28-47(70-7)29-25-45/h9-29,36,39-40,49-52,54H,30-35,37-38H2,1-4,6-8H3,(H,63,68)(H,64,67). The van der Waals surface area contributed by atoms with Crippen LogP contribution in [0, 0.1) is 6.57 Å². The third-order valence-corrected chi connectivity index (χ3v) is 14.6. The van der Waals surface area contributed by atoms with Crippen LogP contribution in [-0.4, -0.2) is 139 Å². The number of amides is 2. The van der Waals surface area contributed by atoms with Gasteiger partial charge in [-0.15, -0.1) is 0 Å². The van der Waals surface area contributed by atoms with Crippen molar-refractivity contribution in [2.24, 2.45) is 0 Å². The summed E-state index contributed by atoms with van der Waals surface area (Å²) in [6.45, 7) is 13.2. The molecule has 1 heterocycles. The maximum Gasteiger partial charge on any atom is 0.471 e. The Morgan fingerprint density at radius 2 is 1.26 bits per heavy atom. The molecular formula is C58H68F3N4O14P. The number of alkyl carbamates (subject to hydrolysis) is 1. The second-order valence-corrected chi connectivity index (χ2v) is 19.9. The molecule has 0 aliphatic carbocycles.